The van der Waals surface area contributed by atoms with Crippen LogP contribution in [0.5, 0.6) is 11.5 Å². The largest absolute Gasteiger partial charge is 0.489 e. The maximum Gasteiger partial charge on any atom is 0.408 e. The highest BCUT2D eigenvalue weighted by Crippen LogP contribution is 2.33. The maximum absolute atomic E-state index is 14.1. The number of nitrogens with two attached hydrogens (primary N) is 2. The number of nitrogens with one attached hydrogen (secondary N) is 2. The summed E-state index contributed by atoms with van der Waals surface area (Å²) in [6.45, 7) is 9.25. The van der Waals surface area contributed by atoms with Gasteiger partial charge in [0.15, 0.2) is 0 Å². The summed E-state index contributed by atoms with van der Waals surface area (Å²) >= 11 is 0. The lowest BCUT2D eigenvalue weighted by molar-refractivity contribution is -0.149. The molecule has 66 heavy (non-hydrogen) atoms. The standard InChI is InChI=1S/C49H55N3O10.C2H6.CH5N/c1-49(2,3)62-48(58)52-41(28-40(53)29-50)46(56)51-42(47(57)61-32-35-17-11-6-12-18-35)27-39-26-37(20-23-44(39)60-31-34-15-9-5-10-16-34)36-19-22-43(38(25-36)21-24-45(54)55)59-30-33-13-7-4-8-14-33;2*1-2/h4-20,22-23,25-26,40-42,53H,21,24,27-32,50H2,1-3H3,(H,51,56)(H,52,58)(H,54,55);1-2H3;2H2,1H3/t40?,41-,42?;;/m0../s1. The fourth-order valence-corrected chi connectivity index (χ4v) is 6.43. The number of amides is 2. The number of rotatable bonds is 21. The van der Waals surface area contributed by atoms with Gasteiger partial charge in [0.2, 0.25) is 5.91 Å². The average Bonchev–Trinajstić information content (AvgIpc) is 3.32. The first kappa shape index (κ1) is 53.6. The van der Waals surface area contributed by atoms with Crippen LogP contribution in [0.4, 0.5) is 4.79 Å². The number of benzene rings is 5. The molecule has 14 nitrogen and oxygen atoms in total. The SMILES string of the molecule is CC.CC(C)(C)OC(=O)N[C@@H](CC(O)CN)C(=O)NC(Cc1cc(-c2ccc(OCc3ccccc3)c(CCC(=O)O)c2)ccc1OCc1ccccc1)C(=O)OCc1ccccc1.CN. The summed E-state index contributed by atoms with van der Waals surface area (Å²) in [5, 5.41) is 25.3. The number of carboxylic acid groups (broad SMARTS) is 1. The molecule has 0 fully saturated rings. The second-order valence-electron chi connectivity index (χ2n) is 15.8. The molecule has 0 aliphatic rings. The number of aryl methyl sites for hydroxylation is 1. The third kappa shape index (κ3) is 18.8. The van der Waals surface area contributed by atoms with Crippen molar-refractivity contribution in [3.63, 3.8) is 0 Å². The van der Waals surface area contributed by atoms with Crippen LogP contribution in [0.3, 0.4) is 0 Å². The molecule has 0 bridgehead atoms. The van der Waals surface area contributed by atoms with Gasteiger partial charge in [0.25, 0.3) is 0 Å². The Hall–Kier alpha value is -6.74. The number of carboxylic acids is 1. The number of alkyl carbamates (subject to hydrolysis) is 1. The van der Waals surface area contributed by atoms with Crippen molar-refractivity contribution in [2.45, 2.75) is 104 Å². The van der Waals surface area contributed by atoms with E-state index in [2.05, 4.69) is 16.4 Å². The number of ether oxygens (including phenoxy) is 4. The van der Waals surface area contributed by atoms with E-state index in [0.29, 0.717) is 29.2 Å². The Morgan fingerprint density at radius 3 is 1.59 bits per heavy atom. The van der Waals surface area contributed by atoms with Gasteiger partial charge in [-0.1, -0.05) is 117 Å². The van der Waals surface area contributed by atoms with Gasteiger partial charge in [-0.25, -0.2) is 9.59 Å². The molecule has 0 radical (unpaired) electrons. The first-order valence-corrected chi connectivity index (χ1v) is 22.0. The number of carbonyl (C=O) groups is 4. The summed E-state index contributed by atoms with van der Waals surface area (Å²) < 4.78 is 23.7. The highest BCUT2D eigenvalue weighted by Gasteiger charge is 2.31. The number of aliphatic hydroxyl groups is 1. The normalized spacial score (nSPS) is 12.0. The summed E-state index contributed by atoms with van der Waals surface area (Å²) in [4.78, 5) is 52.7. The van der Waals surface area contributed by atoms with Crippen molar-refractivity contribution in [3.05, 3.63) is 155 Å². The molecule has 0 aromatic heterocycles. The van der Waals surface area contributed by atoms with Crippen molar-refractivity contribution in [1.82, 2.24) is 10.6 Å². The van der Waals surface area contributed by atoms with Gasteiger partial charge in [-0.3, -0.25) is 9.59 Å². The molecule has 0 spiro atoms. The van der Waals surface area contributed by atoms with E-state index in [1.165, 1.54) is 7.05 Å². The summed E-state index contributed by atoms with van der Waals surface area (Å²) in [6, 6.07) is 36.7. The van der Waals surface area contributed by atoms with Crippen LogP contribution in [-0.4, -0.2) is 71.5 Å². The number of esters is 1. The Kier molecular flexibility index (Phi) is 22.9. The van der Waals surface area contributed by atoms with Gasteiger partial charge in [-0.2, -0.15) is 0 Å². The molecule has 14 heteroatoms. The topological polar surface area (TPSA) is 222 Å². The number of hydrogen-bond donors (Lipinski definition) is 6. The van der Waals surface area contributed by atoms with E-state index in [-0.39, 0.29) is 45.4 Å². The molecule has 5 aromatic carbocycles. The van der Waals surface area contributed by atoms with Gasteiger partial charge in [-0.05, 0) is 97.4 Å². The molecular formula is C52H66N4O10. The lowest BCUT2D eigenvalue weighted by Gasteiger charge is -2.26. The first-order chi connectivity index (χ1) is 31.8. The minimum atomic E-state index is -1.33. The molecule has 0 saturated heterocycles. The van der Waals surface area contributed by atoms with E-state index in [1.54, 1.807) is 39.0 Å². The third-order valence-electron chi connectivity index (χ3n) is 9.57. The monoisotopic (exact) mass is 906 g/mol. The predicted octanol–water partition coefficient (Wildman–Crippen LogP) is 7.50. The summed E-state index contributed by atoms with van der Waals surface area (Å²) in [6.07, 6.45) is -2.31. The van der Waals surface area contributed by atoms with Gasteiger partial charge in [0.1, 0.15) is 49.0 Å². The van der Waals surface area contributed by atoms with Gasteiger partial charge in [-0.15, -0.1) is 0 Å². The van der Waals surface area contributed by atoms with E-state index >= 15 is 0 Å². The number of aliphatic hydroxyl groups excluding tert-OH is 1. The average molecular weight is 907 g/mol. The second-order valence-corrected chi connectivity index (χ2v) is 15.8. The van der Waals surface area contributed by atoms with Crippen molar-refractivity contribution in [2.24, 2.45) is 11.5 Å². The molecule has 354 valence electrons. The molecular weight excluding hydrogens is 841 g/mol. The zero-order chi connectivity index (χ0) is 48.5. The van der Waals surface area contributed by atoms with Crippen LogP contribution >= 0.6 is 0 Å². The molecule has 0 aliphatic heterocycles. The van der Waals surface area contributed by atoms with Crippen LogP contribution in [0.1, 0.15) is 75.3 Å². The smallest absolute Gasteiger partial charge is 0.408 e. The molecule has 0 aliphatic carbocycles. The summed E-state index contributed by atoms with van der Waals surface area (Å²) in [7, 11) is 1.50. The number of aliphatic carboxylic acids is 1. The molecule has 5 rings (SSSR count). The highest BCUT2D eigenvalue weighted by atomic mass is 16.6. The Labute approximate surface area is 388 Å². The van der Waals surface area contributed by atoms with Gasteiger partial charge in [0, 0.05) is 25.8 Å². The Balaban J connectivity index is 0.00000281. The Bertz CT molecular complexity index is 2240. The number of hydrogen-bond acceptors (Lipinski definition) is 11. The first-order valence-electron chi connectivity index (χ1n) is 22.0. The molecule has 0 saturated carbocycles. The zero-order valence-electron chi connectivity index (χ0n) is 38.8. The fourth-order valence-electron chi connectivity index (χ4n) is 6.43. The predicted molar refractivity (Wildman–Crippen MR) is 256 cm³/mol. The molecule has 0 heterocycles. The highest BCUT2D eigenvalue weighted by molar-refractivity contribution is 5.90. The molecule has 3 atom stereocenters. The van der Waals surface area contributed by atoms with Gasteiger partial charge >= 0.3 is 18.0 Å². The van der Waals surface area contributed by atoms with E-state index in [9.17, 15) is 29.4 Å². The quantitative estimate of drug-likeness (QED) is 0.0394. The van der Waals surface area contributed by atoms with Crippen LogP contribution in [-0.2, 0) is 56.5 Å². The van der Waals surface area contributed by atoms with Crippen LogP contribution in [0.2, 0.25) is 0 Å². The zero-order valence-corrected chi connectivity index (χ0v) is 38.8. The van der Waals surface area contributed by atoms with Crippen molar-refractivity contribution in [2.75, 3.05) is 13.6 Å². The van der Waals surface area contributed by atoms with E-state index < -0.39 is 47.7 Å². The van der Waals surface area contributed by atoms with Crippen LogP contribution in [0.25, 0.3) is 11.1 Å². The summed E-state index contributed by atoms with van der Waals surface area (Å²) in [5.41, 5.74) is 14.6. The molecule has 8 N–H and O–H groups in total. The summed E-state index contributed by atoms with van der Waals surface area (Å²) in [5.74, 6) is -1.49. The van der Waals surface area contributed by atoms with Crippen molar-refractivity contribution < 1.29 is 48.3 Å². The van der Waals surface area contributed by atoms with Crippen LogP contribution < -0.4 is 31.6 Å². The maximum atomic E-state index is 14.1. The lowest BCUT2D eigenvalue weighted by atomic mass is 9.96. The second kappa shape index (κ2) is 28.2. The van der Waals surface area contributed by atoms with E-state index in [1.807, 2.05) is 123 Å². The van der Waals surface area contributed by atoms with Crippen LogP contribution in [0.15, 0.2) is 127 Å². The Morgan fingerprint density at radius 2 is 1.12 bits per heavy atom. The van der Waals surface area contributed by atoms with Crippen molar-refractivity contribution in [3.8, 4) is 22.6 Å². The number of carbonyl (C=O) groups excluding carboxylic acids is 3. The van der Waals surface area contributed by atoms with Crippen molar-refractivity contribution in [1.29, 1.82) is 0 Å². The van der Waals surface area contributed by atoms with Crippen LogP contribution in [0, 0.1) is 0 Å². The molecule has 2 unspecified atom stereocenters. The fraction of sp³-hybridized carbons (Fsp3) is 0.346. The van der Waals surface area contributed by atoms with Crippen molar-refractivity contribution >= 4 is 23.9 Å². The minimum Gasteiger partial charge on any atom is -0.489 e. The lowest BCUT2D eigenvalue weighted by Crippen LogP contribution is -2.54. The Morgan fingerprint density at radius 1 is 0.652 bits per heavy atom. The van der Waals surface area contributed by atoms with Gasteiger partial charge < -0.3 is 51.3 Å². The molecule has 5 aromatic rings. The minimum absolute atomic E-state index is 0.0767. The van der Waals surface area contributed by atoms with Gasteiger partial charge in [0.05, 0.1) is 6.10 Å². The third-order valence-corrected chi connectivity index (χ3v) is 9.57. The molecule has 2 amide bonds. The van der Waals surface area contributed by atoms with E-state index in [0.717, 1.165) is 27.8 Å². The van der Waals surface area contributed by atoms with E-state index in [4.69, 9.17) is 24.7 Å².